The van der Waals surface area contributed by atoms with Crippen LogP contribution in [0.25, 0.3) is 0 Å². The molecule has 1 fully saturated rings. The molecule has 0 aliphatic carbocycles. The Morgan fingerprint density at radius 1 is 1.35 bits per heavy atom. The molecule has 0 spiro atoms. The third-order valence-electron chi connectivity index (χ3n) is 3.13. The summed E-state index contributed by atoms with van der Waals surface area (Å²) in [4.78, 5) is 14.0. The van der Waals surface area contributed by atoms with E-state index >= 15 is 0 Å². The van der Waals surface area contributed by atoms with Crippen LogP contribution in [0.5, 0.6) is 0 Å². The van der Waals surface area contributed by atoms with E-state index in [1.807, 2.05) is 6.92 Å². The predicted molar refractivity (Wildman–Crippen MR) is 69.5 cm³/mol. The van der Waals surface area contributed by atoms with Crippen LogP contribution >= 0.6 is 23.2 Å². The number of hydrogen-bond donors (Lipinski definition) is 1. The monoisotopic (exact) mass is 272 g/mol. The van der Waals surface area contributed by atoms with E-state index in [1.54, 1.807) is 23.1 Å². The van der Waals surface area contributed by atoms with Crippen molar-refractivity contribution in [3.63, 3.8) is 0 Å². The largest absolute Gasteiger partial charge is 0.337 e. The maximum Gasteiger partial charge on any atom is 0.256 e. The van der Waals surface area contributed by atoms with Crippen molar-refractivity contribution in [2.24, 2.45) is 11.7 Å². The summed E-state index contributed by atoms with van der Waals surface area (Å²) in [5.41, 5.74) is 6.27. The van der Waals surface area contributed by atoms with Crippen LogP contribution in [0.1, 0.15) is 17.3 Å². The van der Waals surface area contributed by atoms with Crippen molar-refractivity contribution in [2.75, 3.05) is 13.1 Å². The standard InChI is InChI=1S/C12H14Cl2N2O/c1-7-5-16(6-10(7)15)12(17)11-8(13)3-2-4-9(11)14/h2-4,7,10H,5-6,15H2,1H3. The number of amides is 1. The van der Waals surface area contributed by atoms with E-state index in [0.717, 1.165) is 0 Å². The second-order valence-corrected chi connectivity index (χ2v) is 5.26. The average molecular weight is 273 g/mol. The van der Waals surface area contributed by atoms with Crippen molar-refractivity contribution in [3.05, 3.63) is 33.8 Å². The number of rotatable bonds is 1. The van der Waals surface area contributed by atoms with Crippen molar-refractivity contribution < 1.29 is 4.79 Å². The van der Waals surface area contributed by atoms with Gasteiger partial charge in [0, 0.05) is 19.1 Å². The second kappa shape index (κ2) is 4.84. The minimum Gasteiger partial charge on any atom is -0.337 e. The highest BCUT2D eigenvalue weighted by Gasteiger charge is 2.31. The lowest BCUT2D eigenvalue weighted by atomic mass is 10.1. The molecule has 17 heavy (non-hydrogen) atoms. The normalized spacial score (nSPS) is 24.1. The van der Waals surface area contributed by atoms with Crippen molar-refractivity contribution in [3.8, 4) is 0 Å². The number of carbonyl (C=O) groups excluding carboxylic acids is 1. The van der Waals surface area contributed by atoms with Crippen LogP contribution < -0.4 is 5.73 Å². The fourth-order valence-corrected chi connectivity index (χ4v) is 2.58. The average Bonchev–Trinajstić information content (AvgIpc) is 2.59. The molecular formula is C12H14Cl2N2O. The van der Waals surface area contributed by atoms with Crippen LogP contribution in [-0.4, -0.2) is 29.9 Å². The van der Waals surface area contributed by atoms with Gasteiger partial charge in [0.2, 0.25) is 0 Å². The first kappa shape index (κ1) is 12.7. The third kappa shape index (κ3) is 2.41. The lowest BCUT2D eigenvalue weighted by Crippen LogP contribution is -2.32. The number of carbonyl (C=O) groups is 1. The Labute approximate surface area is 110 Å². The van der Waals surface area contributed by atoms with Crippen molar-refractivity contribution in [2.45, 2.75) is 13.0 Å². The fourth-order valence-electron chi connectivity index (χ4n) is 2.02. The third-order valence-corrected chi connectivity index (χ3v) is 3.76. The van der Waals surface area contributed by atoms with Gasteiger partial charge in [0.05, 0.1) is 15.6 Å². The number of benzene rings is 1. The molecule has 1 heterocycles. The first-order valence-corrected chi connectivity index (χ1v) is 6.25. The molecule has 1 aromatic carbocycles. The molecule has 0 aromatic heterocycles. The van der Waals surface area contributed by atoms with Gasteiger partial charge in [0.1, 0.15) is 0 Å². The van der Waals surface area contributed by atoms with Gasteiger partial charge < -0.3 is 10.6 Å². The van der Waals surface area contributed by atoms with E-state index in [1.165, 1.54) is 0 Å². The molecule has 3 nitrogen and oxygen atoms in total. The summed E-state index contributed by atoms with van der Waals surface area (Å²) in [6, 6.07) is 5.08. The Bertz CT molecular complexity index is 420. The Morgan fingerprint density at radius 2 is 1.94 bits per heavy atom. The van der Waals surface area contributed by atoms with E-state index < -0.39 is 0 Å². The maximum absolute atomic E-state index is 12.3. The second-order valence-electron chi connectivity index (χ2n) is 4.45. The van der Waals surface area contributed by atoms with Gasteiger partial charge in [-0.15, -0.1) is 0 Å². The summed E-state index contributed by atoms with van der Waals surface area (Å²) < 4.78 is 0. The van der Waals surface area contributed by atoms with Gasteiger partial charge in [0.25, 0.3) is 5.91 Å². The number of nitrogens with zero attached hydrogens (tertiary/aromatic N) is 1. The zero-order chi connectivity index (χ0) is 12.6. The molecule has 1 saturated heterocycles. The molecule has 1 amide bonds. The van der Waals surface area contributed by atoms with Gasteiger partial charge in [-0.25, -0.2) is 0 Å². The number of halogens is 2. The first-order valence-electron chi connectivity index (χ1n) is 5.49. The minimum absolute atomic E-state index is 0.0280. The van der Waals surface area contributed by atoms with E-state index in [9.17, 15) is 4.79 Å². The summed E-state index contributed by atoms with van der Waals surface area (Å²) in [6.07, 6.45) is 0. The maximum atomic E-state index is 12.3. The van der Waals surface area contributed by atoms with Gasteiger partial charge in [-0.2, -0.15) is 0 Å². The van der Waals surface area contributed by atoms with E-state index in [-0.39, 0.29) is 11.9 Å². The SMILES string of the molecule is CC1CN(C(=O)c2c(Cl)cccc2Cl)CC1N. The van der Waals surface area contributed by atoms with Crippen LogP contribution in [-0.2, 0) is 0 Å². The van der Waals surface area contributed by atoms with Gasteiger partial charge in [-0.1, -0.05) is 36.2 Å². The molecule has 0 bridgehead atoms. The zero-order valence-corrected chi connectivity index (χ0v) is 11.0. The highest BCUT2D eigenvalue weighted by Crippen LogP contribution is 2.27. The molecular weight excluding hydrogens is 259 g/mol. The molecule has 1 aliphatic heterocycles. The van der Waals surface area contributed by atoms with Crippen LogP contribution in [0.4, 0.5) is 0 Å². The van der Waals surface area contributed by atoms with Gasteiger partial charge in [-0.05, 0) is 18.1 Å². The lowest BCUT2D eigenvalue weighted by molar-refractivity contribution is 0.0787. The highest BCUT2D eigenvalue weighted by molar-refractivity contribution is 6.39. The Balaban J connectivity index is 2.27. The van der Waals surface area contributed by atoms with E-state index in [4.69, 9.17) is 28.9 Å². The van der Waals surface area contributed by atoms with Crippen molar-refractivity contribution in [1.29, 1.82) is 0 Å². The summed E-state index contributed by atoms with van der Waals surface area (Å²) in [5.74, 6) is 0.167. The molecule has 2 N–H and O–H groups in total. The zero-order valence-electron chi connectivity index (χ0n) is 9.49. The molecule has 0 saturated carbocycles. The first-order chi connectivity index (χ1) is 8.00. The smallest absolute Gasteiger partial charge is 0.256 e. The molecule has 0 radical (unpaired) electrons. The fraction of sp³-hybridized carbons (Fsp3) is 0.417. The Kier molecular flexibility index (Phi) is 3.61. The Hall–Kier alpha value is -0.770. The molecule has 1 aromatic rings. The molecule has 2 atom stereocenters. The van der Waals surface area contributed by atoms with Crippen molar-refractivity contribution in [1.82, 2.24) is 4.90 Å². The van der Waals surface area contributed by atoms with Crippen LogP contribution in [0.2, 0.25) is 10.0 Å². The van der Waals surface area contributed by atoms with Crippen LogP contribution in [0, 0.1) is 5.92 Å². The van der Waals surface area contributed by atoms with Crippen LogP contribution in [0.15, 0.2) is 18.2 Å². The summed E-state index contributed by atoms with van der Waals surface area (Å²) in [5, 5.41) is 0.770. The van der Waals surface area contributed by atoms with Gasteiger partial charge in [-0.3, -0.25) is 4.79 Å². The molecule has 2 unspecified atom stereocenters. The number of hydrogen-bond acceptors (Lipinski definition) is 2. The van der Waals surface area contributed by atoms with E-state index in [2.05, 4.69) is 0 Å². The molecule has 2 rings (SSSR count). The number of likely N-dealkylation sites (tertiary alicyclic amines) is 1. The molecule has 1 aliphatic rings. The van der Waals surface area contributed by atoms with E-state index in [0.29, 0.717) is 34.6 Å². The molecule has 5 heteroatoms. The van der Waals surface area contributed by atoms with Gasteiger partial charge >= 0.3 is 0 Å². The van der Waals surface area contributed by atoms with Gasteiger partial charge in [0.15, 0.2) is 0 Å². The summed E-state index contributed by atoms with van der Waals surface area (Å²) in [7, 11) is 0. The summed E-state index contributed by atoms with van der Waals surface area (Å²) >= 11 is 12.0. The highest BCUT2D eigenvalue weighted by atomic mass is 35.5. The molecule has 92 valence electrons. The number of nitrogens with two attached hydrogens (primary N) is 1. The Morgan fingerprint density at radius 3 is 2.41 bits per heavy atom. The quantitative estimate of drug-likeness (QED) is 0.854. The predicted octanol–water partition coefficient (Wildman–Crippen LogP) is 2.41. The van der Waals surface area contributed by atoms with Crippen molar-refractivity contribution >= 4 is 29.1 Å². The lowest BCUT2D eigenvalue weighted by Gasteiger charge is -2.17. The van der Waals surface area contributed by atoms with Crippen LogP contribution in [0.3, 0.4) is 0 Å². The summed E-state index contributed by atoms with van der Waals surface area (Å²) in [6.45, 7) is 3.25. The topological polar surface area (TPSA) is 46.3 Å². The minimum atomic E-state index is -0.139.